The number of methoxy groups -OCH3 is 1. The van der Waals surface area contributed by atoms with E-state index in [0.29, 0.717) is 47.5 Å². The Morgan fingerprint density at radius 2 is 1.72 bits per heavy atom. The summed E-state index contributed by atoms with van der Waals surface area (Å²) in [5.74, 6) is 1.67. The summed E-state index contributed by atoms with van der Waals surface area (Å²) in [6.07, 6.45) is 0. The van der Waals surface area contributed by atoms with Crippen molar-refractivity contribution in [2.24, 2.45) is 0 Å². The maximum atomic E-state index is 13.5. The number of hydrogen-bond donors (Lipinski definition) is 2. The number of rotatable bonds is 6. The van der Waals surface area contributed by atoms with Crippen LogP contribution in [0.4, 0.5) is 10.1 Å². The molecule has 0 atom stereocenters. The number of fused-ring (bicyclic) bond motifs is 2. The molecule has 0 amide bonds. The molecule has 0 fully saturated rings. The average molecular weight is 506 g/mol. The number of nitrogens with zero attached hydrogens (tertiary/aromatic N) is 1. The standard InChI is InChI=1S/C27H24FN3O4S/c1-33-22-8-6-21(7-9-22)29-27(36)31(15-17-2-4-20(28)5-3-17)16-19-12-18-13-24-25(35-11-10-34-24)14-23(18)30-26(19)32/h2-9,12-14H,10-11,15-16H2,1H3,(H,29,36)(H,30,32). The number of hydrogen-bond acceptors (Lipinski definition) is 5. The van der Waals surface area contributed by atoms with Crippen molar-refractivity contribution in [3.63, 3.8) is 0 Å². The highest BCUT2D eigenvalue weighted by atomic mass is 32.1. The molecule has 3 aromatic carbocycles. The second-order valence-electron chi connectivity index (χ2n) is 8.35. The van der Waals surface area contributed by atoms with Crippen molar-refractivity contribution >= 4 is 33.9 Å². The van der Waals surface area contributed by atoms with Crippen molar-refractivity contribution in [3.05, 3.63) is 94.0 Å². The molecule has 0 saturated heterocycles. The molecule has 1 aromatic heterocycles. The summed E-state index contributed by atoms with van der Waals surface area (Å²) in [4.78, 5) is 17.8. The summed E-state index contributed by atoms with van der Waals surface area (Å²) in [6, 6.07) is 19.1. The lowest BCUT2D eigenvalue weighted by Gasteiger charge is -2.26. The van der Waals surface area contributed by atoms with Crippen LogP contribution in [0, 0.1) is 5.82 Å². The van der Waals surface area contributed by atoms with Crippen molar-refractivity contribution in [1.82, 2.24) is 9.88 Å². The van der Waals surface area contributed by atoms with Crippen LogP contribution >= 0.6 is 12.2 Å². The average Bonchev–Trinajstić information content (AvgIpc) is 2.89. The number of halogens is 1. The molecule has 0 radical (unpaired) electrons. The van der Waals surface area contributed by atoms with Crippen LogP contribution in [0.15, 0.2) is 71.5 Å². The molecule has 36 heavy (non-hydrogen) atoms. The number of thiocarbonyl (C=S) groups is 1. The SMILES string of the molecule is COc1ccc(NC(=S)N(Cc2ccc(F)cc2)Cc2cc3cc4c(cc3[nH]c2=O)OCCO4)cc1. The van der Waals surface area contributed by atoms with Gasteiger partial charge in [-0.05, 0) is 66.3 Å². The Morgan fingerprint density at radius 3 is 2.42 bits per heavy atom. The number of aromatic amines is 1. The molecule has 0 unspecified atom stereocenters. The van der Waals surface area contributed by atoms with Crippen LogP contribution in [0.1, 0.15) is 11.1 Å². The Balaban J connectivity index is 1.44. The summed E-state index contributed by atoms with van der Waals surface area (Å²) < 4.78 is 30.0. The molecular weight excluding hydrogens is 481 g/mol. The molecule has 0 aliphatic carbocycles. The third-order valence-corrected chi connectivity index (χ3v) is 6.22. The van der Waals surface area contributed by atoms with Crippen molar-refractivity contribution in [2.75, 3.05) is 25.6 Å². The van der Waals surface area contributed by atoms with E-state index in [9.17, 15) is 9.18 Å². The van der Waals surface area contributed by atoms with Gasteiger partial charge in [-0.15, -0.1) is 0 Å². The highest BCUT2D eigenvalue weighted by Crippen LogP contribution is 2.33. The van der Waals surface area contributed by atoms with Crippen LogP contribution in [0.5, 0.6) is 17.2 Å². The molecule has 184 valence electrons. The van der Waals surface area contributed by atoms with E-state index in [1.54, 1.807) is 25.3 Å². The molecular formula is C27H24FN3O4S. The lowest BCUT2D eigenvalue weighted by atomic mass is 10.1. The van der Waals surface area contributed by atoms with Gasteiger partial charge in [0.2, 0.25) is 0 Å². The van der Waals surface area contributed by atoms with Crippen LogP contribution < -0.4 is 25.1 Å². The van der Waals surface area contributed by atoms with Gasteiger partial charge in [0.15, 0.2) is 16.6 Å². The summed E-state index contributed by atoms with van der Waals surface area (Å²) in [5, 5.41) is 4.47. The fourth-order valence-electron chi connectivity index (χ4n) is 4.00. The number of ether oxygens (including phenoxy) is 3. The van der Waals surface area contributed by atoms with Crippen molar-refractivity contribution < 1.29 is 18.6 Å². The van der Waals surface area contributed by atoms with Gasteiger partial charge >= 0.3 is 0 Å². The van der Waals surface area contributed by atoms with Gasteiger partial charge in [0, 0.05) is 29.2 Å². The lowest BCUT2D eigenvalue weighted by molar-refractivity contribution is 0.172. The van der Waals surface area contributed by atoms with Gasteiger partial charge in [0.25, 0.3) is 5.56 Å². The van der Waals surface area contributed by atoms with E-state index >= 15 is 0 Å². The molecule has 2 N–H and O–H groups in total. The van der Waals surface area contributed by atoms with Gasteiger partial charge in [0.05, 0.1) is 19.2 Å². The van der Waals surface area contributed by atoms with Gasteiger partial charge in [-0.2, -0.15) is 0 Å². The normalized spacial score (nSPS) is 12.3. The number of nitrogens with one attached hydrogen (secondary N) is 2. The van der Waals surface area contributed by atoms with Crippen molar-refractivity contribution in [2.45, 2.75) is 13.1 Å². The monoisotopic (exact) mass is 505 g/mol. The number of pyridine rings is 1. The molecule has 5 rings (SSSR count). The highest BCUT2D eigenvalue weighted by Gasteiger charge is 2.17. The van der Waals surface area contributed by atoms with E-state index in [1.165, 1.54) is 12.1 Å². The third kappa shape index (κ3) is 5.26. The van der Waals surface area contributed by atoms with Crippen LogP contribution in [0.25, 0.3) is 10.9 Å². The number of aromatic nitrogens is 1. The molecule has 7 nitrogen and oxygen atoms in total. The maximum Gasteiger partial charge on any atom is 0.253 e. The first kappa shape index (κ1) is 23.6. The van der Waals surface area contributed by atoms with E-state index in [1.807, 2.05) is 41.3 Å². The Bertz CT molecular complexity index is 1460. The van der Waals surface area contributed by atoms with Crippen LogP contribution in [0.2, 0.25) is 0 Å². The van der Waals surface area contributed by atoms with E-state index in [4.69, 9.17) is 26.4 Å². The number of benzene rings is 3. The number of H-pyrrole nitrogens is 1. The van der Waals surface area contributed by atoms with E-state index in [-0.39, 0.29) is 17.9 Å². The predicted octanol–water partition coefficient (Wildman–Crippen LogP) is 4.85. The van der Waals surface area contributed by atoms with E-state index < -0.39 is 0 Å². The fraction of sp³-hybridized carbons (Fsp3) is 0.185. The molecule has 1 aliphatic heterocycles. The molecule has 4 aromatic rings. The molecule has 0 spiro atoms. The van der Waals surface area contributed by atoms with E-state index in [2.05, 4.69) is 10.3 Å². The Labute approximate surface area is 212 Å². The zero-order chi connectivity index (χ0) is 25.1. The van der Waals surface area contributed by atoms with E-state index in [0.717, 1.165) is 22.4 Å². The smallest absolute Gasteiger partial charge is 0.253 e. The van der Waals surface area contributed by atoms with Crippen LogP contribution in [0.3, 0.4) is 0 Å². The van der Waals surface area contributed by atoms with Gasteiger partial charge in [-0.3, -0.25) is 4.79 Å². The van der Waals surface area contributed by atoms with Gasteiger partial charge in [0.1, 0.15) is 24.8 Å². The first-order chi connectivity index (χ1) is 17.5. The summed E-state index contributed by atoms with van der Waals surface area (Å²) >= 11 is 5.72. The van der Waals surface area contributed by atoms with Gasteiger partial charge in [-0.1, -0.05) is 12.1 Å². The highest BCUT2D eigenvalue weighted by molar-refractivity contribution is 7.80. The van der Waals surface area contributed by atoms with Gasteiger partial charge < -0.3 is 29.4 Å². The van der Waals surface area contributed by atoms with Crippen LogP contribution in [-0.4, -0.2) is 35.3 Å². The van der Waals surface area contributed by atoms with Crippen molar-refractivity contribution in [1.29, 1.82) is 0 Å². The second kappa shape index (κ2) is 10.2. The first-order valence-electron chi connectivity index (χ1n) is 11.4. The van der Waals surface area contributed by atoms with Crippen molar-refractivity contribution in [3.8, 4) is 17.2 Å². The molecule has 0 saturated carbocycles. The zero-order valence-corrected chi connectivity index (χ0v) is 20.4. The van der Waals surface area contributed by atoms with Crippen LogP contribution in [-0.2, 0) is 13.1 Å². The maximum absolute atomic E-state index is 13.5. The Hall–Kier alpha value is -4.11. The largest absolute Gasteiger partial charge is 0.497 e. The van der Waals surface area contributed by atoms with Gasteiger partial charge in [-0.25, -0.2) is 4.39 Å². The molecule has 0 bridgehead atoms. The predicted molar refractivity (Wildman–Crippen MR) is 140 cm³/mol. The zero-order valence-electron chi connectivity index (χ0n) is 19.5. The molecule has 2 heterocycles. The first-order valence-corrected chi connectivity index (χ1v) is 11.8. The fourth-order valence-corrected chi connectivity index (χ4v) is 4.24. The lowest BCUT2D eigenvalue weighted by Crippen LogP contribution is -2.35. The minimum atomic E-state index is -0.315. The summed E-state index contributed by atoms with van der Waals surface area (Å²) in [6.45, 7) is 1.56. The minimum Gasteiger partial charge on any atom is -0.497 e. The number of anilines is 1. The quantitative estimate of drug-likeness (QED) is 0.363. The Kier molecular flexibility index (Phi) is 6.73. The minimum absolute atomic E-state index is 0.226. The molecule has 1 aliphatic rings. The molecule has 9 heteroatoms. The second-order valence-corrected chi connectivity index (χ2v) is 8.73. The Morgan fingerprint density at radius 1 is 1.03 bits per heavy atom. The summed E-state index contributed by atoms with van der Waals surface area (Å²) in [7, 11) is 1.60. The topological polar surface area (TPSA) is 75.8 Å². The summed E-state index contributed by atoms with van der Waals surface area (Å²) in [5.41, 5.74) is 2.60. The third-order valence-electron chi connectivity index (χ3n) is 5.86.